The van der Waals surface area contributed by atoms with Crippen molar-refractivity contribution in [2.24, 2.45) is 0 Å². The Bertz CT molecular complexity index is 651. The second kappa shape index (κ2) is 5.89. The minimum Gasteiger partial charge on any atom is -0.276 e. The van der Waals surface area contributed by atoms with E-state index in [1.165, 1.54) is 12.3 Å². The Balaban J connectivity index is 2.14. The zero-order chi connectivity index (χ0) is 14.5. The van der Waals surface area contributed by atoms with Gasteiger partial charge < -0.3 is 0 Å². The fourth-order valence-corrected chi connectivity index (χ4v) is 1.49. The molecule has 0 atom stereocenters. The molecule has 20 heavy (non-hydrogen) atoms. The van der Waals surface area contributed by atoms with E-state index in [1.807, 2.05) is 0 Å². The molecule has 2 rings (SSSR count). The van der Waals surface area contributed by atoms with Crippen molar-refractivity contribution < 1.29 is 9.72 Å². The highest BCUT2D eigenvalue weighted by Crippen LogP contribution is 2.27. The van der Waals surface area contributed by atoms with Crippen molar-refractivity contribution in [3.8, 4) is 0 Å². The first-order valence-corrected chi connectivity index (χ1v) is 5.59. The predicted octanol–water partition coefficient (Wildman–Crippen LogP) is 1.19. The summed E-state index contributed by atoms with van der Waals surface area (Å²) < 4.78 is 0. The zero-order valence-electron chi connectivity index (χ0n) is 9.78. The van der Waals surface area contributed by atoms with Gasteiger partial charge >= 0.3 is 5.69 Å². The molecule has 0 aliphatic heterocycles. The lowest BCUT2D eigenvalue weighted by molar-refractivity contribution is -0.384. The number of carbonyl (C=O) groups is 1. The van der Waals surface area contributed by atoms with Crippen molar-refractivity contribution in [2.75, 3.05) is 5.43 Å². The summed E-state index contributed by atoms with van der Waals surface area (Å²) in [4.78, 5) is 32.7. The summed E-state index contributed by atoms with van der Waals surface area (Å²) >= 11 is 5.60. The Labute approximate surface area is 117 Å². The molecule has 0 unspecified atom stereocenters. The third kappa shape index (κ3) is 2.95. The lowest BCUT2D eigenvalue weighted by Crippen LogP contribution is -2.30. The molecule has 102 valence electrons. The monoisotopic (exact) mass is 294 g/mol. The molecule has 9 nitrogen and oxygen atoms in total. The van der Waals surface area contributed by atoms with Gasteiger partial charge in [0.25, 0.3) is 5.91 Å². The zero-order valence-corrected chi connectivity index (χ0v) is 10.5. The van der Waals surface area contributed by atoms with E-state index in [2.05, 4.69) is 25.8 Å². The Morgan fingerprint density at radius 3 is 2.75 bits per heavy atom. The normalized spacial score (nSPS) is 9.85. The Kier molecular flexibility index (Phi) is 4.01. The van der Waals surface area contributed by atoms with Gasteiger partial charge in [-0.25, -0.2) is 9.97 Å². The van der Waals surface area contributed by atoms with Gasteiger partial charge in [-0.3, -0.25) is 30.7 Å². The first kappa shape index (κ1) is 13.6. The number of nitrogens with zero attached hydrogens (tertiary/aromatic N) is 4. The van der Waals surface area contributed by atoms with Crippen molar-refractivity contribution in [1.29, 1.82) is 0 Å². The minimum atomic E-state index is -0.752. The maximum atomic E-state index is 11.7. The summed E-state index contributed by atoms with van der Waals surface area (Å²) in [6, 6.07) is 4.77. The van der Waals surface area contributed by atoms with Crippen LogP contribution in [0.4, 0.5) is 11.5 Å². The standard InChI is InChI=1S/C10H7ClN6O3/c11-8-7(17(19)20)9(14-5-13-8)15-16-10(18)6-3-1-2-4-12-6/h1-5H,(H,16,18)(H,13,14,15). The van der Waals surface area contributed by atoms with E-state index in [9.17, 15) is 14.9 Å². The summed E-state index contributed by atoms with van der Waals surface area (Å²) in [5, 5.41) is 10.5. The van der Waals surface area contributed by atoms with Crippen LogP contribution in [0, 0.1) is 10.1 Å². The van der Waals surface area contributed by atoms with Crippen LogP contribution in [0.5, 0.6) is 0 Å². The molecule has 0 bridgehead atoms. The molecule has 2 aromatic rings. The molecule has 10 heteroatoms. The van der Waals surface area contributed by atoms with Crippen LogP contribution in [0.2, 0.25) is 5.15 Å². The van der Waals surface area contributed by atoms with Crippen LogP contribution in [0.3, 0.4) is 0 Å². The first-order chi connectivity index (χ1) is 9.59. The molecular weight excluding hydrogens is 288 g/mol. The van der Waals surface area contributed by atoms with E-state index < -0.39 is 16.5 Å². The predicted molar refractivity (Wildman–Crippen MR) is 69.0 cm³/mol. The third-order valence-electron chi connectivity index (χ3n) is 2.15. The van der Waals surface area contributed by atoms with Crippen LogP contribution >= 0.6 is 11.6 Å². The van der Waals surface area contributed by atoms with Crippen LogP contribution in [-0.2, 0) is 0 Å². The summed E-state index contributed by atoms with van der Waals surface area (Å²) in [5.74, 6) is -0.797. The Hall–Kier alpha value is -2.81. The van der Waals surface area contributed by atoms with E-state index in [0.717, 1.165) is 6.33 Å². The number of hydrazine groups is 1. The van der Waals surface area contributed by atoms with E-state index in [-0.39, 0.29) is 16.7 Å². The molecular formula is C10H7ClN6O3. The maximum absolute atomic E-state index is 11.7. The van der Waals surface area contributed by atoms with E-state index in [4.69, 9.17) is 11.6 Å². The molecule has 0 aromatic carbocycles. The number of nitrogens with one attached hydrogen (secondary N) is 2. The van der Waals surface area contributed by atoms with Gasteiger partial charge in [-0.1, -0.05) is 17.7 Å². The second-order valence-electron chi connectivity index (χ2n) is 3.41. The van der Waals surface area contributed by atoms with Crippen LogP contribution in [-0.4, -0.2) is 25.8 Å². The molecule has 2 heterocycles. The van der Waals surface area contributed by atoms with Gasteiger partial charge in [0.2, 0.25) is 11.0 Å². The van der Waals surface area contributed by atoms with Gasteiger partial charge in [-0.05, 0) is 12.1 Å². The largest absolute Gasteiger partial charge is 0.350 e. The van der Waals surface area contributed by atoms with Crippen LogP contribution in [0.25, 0.3) is 0 Å². The van der Waals surface area contributed by atoms with E-state index >= 15 is 0 Å². The number of rotatable bonds is 4. The molecule has 0 aliphatic carbocycles. The van der Waals surface area contributed by atoms with Crippen LogP contribution < -0.4 is 10.9 Å². The van der Waals surface area contributed by atoms with Gasteiger partial charge in [0.1, 0.15) is 12.0 Å². The average Bonchev–Trinajstić information content (AvgIpc) is 2.45. The molecule has 0 radical (unpaired) electrons. The smallest absolute Gasteiger partial charge is 0.276 e. The highest BCUT2D eigenvalue weighted by atomic mass is 35.5. The highest BCUT2D eigenvalue weighted by molar-refractivity contribution is 6.31. The number of nitro groups is 1. The Morgan fingerprint density at radius 1 is 1.30 bits per heavy atom. The van der Waals surface area contributed by atoms with Crippen molar-refractivity contribution in [3.63, 3.8) is 0 Å². The number of amides is 1. The molecule has 0 saturated carbocycles. The summed E-state index contributed by atoms with van der Waals surface area (Å²) in [6.07, 6.45) is 2.48. The molecule has 0 fully saturated rings. The number of carbonyl (C=O) groups excluding carboxylic acids is 1. The Morgan fingerprint density at radius 2 is 2.10 bits per heavy atom. The first-order valence-electron chi connectivity index (χ1n) is 5.22. The lowest BCUT2D eigenvalue weighted by atomic mass is 10.3. The van der Waals surface area contributed by atoms with Gasteiger partial charge in [0, 0.05) is 6.20 Å². The van der Waals surface area contributed by atoms with Crippen LogP contribution in [0.15, 0.2) is 30.7 Å². The average molecular weight is 295 g/mol. The van der Waals surface area contributed by atoms with Crippen LogP contribution in [0.1, 0.15) is 10.5 Å². The van der Waals surface area contributed by atoms with Gasteiger partial charge in [-0.15, -0.1) is 0 Å². The summed E-state index contributed by atoms with van der Waals surface area (Å²) in [5.41, 5.74) is 4.16. The fourth-order valence-electron chi connectivity index (χ4n) is 1.29. The van der Waals surface area contributed by atoms with Crippen molar-refractivity contribution in [1.82, 2.24) is 20.4 Å². The minimum absolute atomic E-state index is 0.141. The molecule has 0 aliphatic rings. The molecule has 1 amide bonds. The maximum Gasteiger partial charge on any atom is 0.350 e. The van der Waals surface area contributed by atoms with Gasteiger partial charge in [-0.2, -0.15) is 0 Å². The van der Waals surface area contributed by atoms with E-state index in [0.29, 0.717) is 0 Å². The van der Waals surface area contributed by atoms with Gasteiger partial charge in [0.15, 0.2) is 0 Å². The second-order valence-corrected chi connectivity index (χ2v) is 3.77. The fraction of sp³-hybridized carbons (Fsp3) is 0. The number of aromatic nitrogens is 3. The summed E-state index contributed by atoms with van der Waals surface area (Å²) in [6.45, 7) is 0. The van der Waals surface area contributed by atoms with Crippen molar-refractivity contribution in [2.45, 2.75) is 0 Å². The summed E-state index contributed by atoms with van der Waals surface area (Å²) in [7, 11) is 0. The molecule has 2 N–H and O–H groups in total. The topological polar surface area (TPSA) is 123 Å². The number of halogens is 1. The van der Waals surface area contributed by atoms with Crippen molar-refractivity contribution >= 4 is 29.0 Å². The molecule has 2 aromatic heterocycles. The quantitative estimate of drug-likeness (QED) is 0.493. The van der Waals surface area contributed by atoms with Gasteiger partial charge in [0.05, 0.1) is 4.92 Å². The third-order valence-corrected chi connectivity index (χ3v) is 2.43. The SMILES string of the molecule is O=C(NNc1ncnc(Cl)c1[N+](=O)[O-])c1ccccn1. The number of pyridine rings is 1. The molecule has 0 saturated heterocycles. The lowest BCUT2D eigenvalue weighted by Gasteiger charge is -2.07. The van der Waals surface area contributed by atoms with Crippen molar-refractivity contribution in [3.05, 3.63) is 51.7 Å². The van der Waals surface area contributed by atoms with E-state index in [1.54, 1.807) is 12.1 Å². The number of anilines is 1. The molecule has 0 spiro atoms. The number of hydrogen-bond donors (Lipinski definition) is 2. The number of hydrogen-bond acceptors (Lipinski definition) is 7. The highest BCUT2D eigenvalue weighted by Gasteiger charge is 2.22.